The standard InChI is InChI=1S/C9H15N/c1-3-6-9(4-2)7-5-8-10/h4,6,8,10H,2-3,5,7H2,1H3/b9-6+,10-8?. The van der Waals surface area contributed by atoms with Crippen molar-refractivity contribution < 1.29 is 0 Å². The van der Waals surface area contributed by atoms with Crippen LogP contribution in [0.4, 0.5) is 0 Å². The predicted molar refractivity (Wildman–Crippen MR) is 46.6 cm³/mol. The first-order chi connectivity index (χ1) is 4.85. The van der Waals surface area contributed by atoms with Crippen LogP contribution < -0.4 is 0 Å². The van der Waals surface area contributed by atoms with Crippen LogP contribution in [0.3, 0.4) is 0 Å². The molecule has 0 aliphatic carbocycles. The van der Waals surface area contributed by atoms with E-state index >= 15 is 0 Å². The molecule has 1 nitrogen and oxygen atoms in total. The maximum Gasteiger partial charge on any atom is -0.00444 e. The molecule has 0 spiro atoms. The minimum absolute atomic E-state index is 0.831. The summed E-state index contributed by atoms with van der Waals surface area (Å²) in [5.74, 6) is 0. The number of rotatable bonds is 5. The van der Waals surface area contributed by atoms with Crippen LogP contribution in [0.5, 0.6) is 0 Å². The summed E-state index contributed by atoms with van der Waals surface area (Å²) in [4.78, 5) is 0. The quantitative estimate of drug-likeness (QED) is 0.445. The van der Waals surface area contributed by atoms with Crippen molar-refractivity contribution >= 4 is 6.21 Å². The Morgan fingerprint density at radius 1 is 1.60 bits per heavy atom. The summed E-state index contributed by atoms with van der Waals surface area (Å²) >= 11 is 0. The smallest absolute Gasteiger partial charge is 0.00444 e. The number of allylic oxidation sites excluding steroid dienone is 3. The van der Waals surface area contributed by atoms with Crippen LogP contribution in [0.25, 0.3) is 0 Å². The maximum absolute atomic E-state index is 6.82. The van der Waals surface area contributed by atoms with E-state index in [0.717, 1.165) is 19.3 Å². The van der Waals surface area contributed by atoms with Crippen molar-refractivity contribution in [1.29, 1.82) is 5.41 Å². The van der Waals surface area contributed by atoms with E-state index in [1.807, 2.05) is 6.08 Å². The van der Waals surface area contributed by atoms with Gasteiger partial charge in [-0.25, -0.2) is 0 Å². The maximum atomic E-state index is 6.82. The average Bonchev–Trinajstić information content (AvgIpc) is 1.98. The van der Waals surface area contributed by atoms with Crippen molar-refractivity contribution in [3.8, 4) is 0 Å². The highest BCUT2D eigenvalue weighted by Crippen LogP contribution is 2.05. The molecule has 1 heteroatoms. The Labute approximate surface area is 63.0 Å². The Kier molecular flexibility index (Phi) is 5.74. The van der Waals surface area contributed by atoms with Gasteiger partial charge in [0, 0.05) is 0 Å². The summed E-state index contributed by atoms with van der Waals surface area (Å²) in [7, 11) is 0. The van der Waals surface area contributed by atoms with Crippen LogP contribution in [0.15, 0.2) is 24.3 Å². The predicted octanol–water partition coefficient (Wildman–Crippen LogP) is 2.94. The minimum Gasteiger partial charge on any atom is -0.313 e. The van der Waals surface area contributed by atoms with Crippen LogP contribution in [-0.4, -0.2) is 6.21 Å². The van der Waals surface area contributed by atoms with Gasteiger partial charge in [0.15, 0.2) is 0 Å². The van der Waals surface area contributed by atoms with Crippen LogP contribution >= 0.6 is 0 Å². The fraction of sp³-hybridized carbons (Fsp3) is 0.444. The molecule has 0 aliphatic rings. The van der Waals surface area contributed by atoms with E-state index < -0.39 is 0 Å². The summed E-state index contributed by atoms with van der Waals surface area (Å²) < 4.78 is 0. The van der Waals surface area contributed by atoms with E-state index in [1.165, 1.54) is 11.8 Å². The zero-order valence-corrected chi connectivity index (χ0v) is 6.56. The van der Waals surface area contributed by atoms with Crippen molar-refractivity contribution in [2.45, 2.75) is 26.2 Å². The topological polar surface area (TPSA) is 23.9 Å². The molecule has 56 valence electrons. The summed E-state index contributed by atoms with van der Waals surface area (Å²) in [6.45, 7) is 5.79. The third-order valence-corrected chi connectivity index (χ3v) is 1.31. The molecular weight excluding hydrogens is 122 g/mol. The van der Waals surface area contributed by atoms with Gasteiger partial charge in [0.25, 0.3) is 0 Å². The molecule has 0 heterocycles. The molecule has 0 radical (unpaired) electrons. The Morgan fingerprint density at radius 2 is 2.30 bits per heavy atom. The van der Waals surface area contributed by atoms with Crippen LogP contribution in [0.2, 0.25) is 0 Å². The largest absolute Gasteiger partial charge is 0.313 e. The lowest BCUT2D eigenvalue weighted by atomic mass is 10.1. The highest BCUT2D eigenvalue weighted by molar-refractivity contribution is 5.53. The number of hydrogen-bond acceptors (Lipinski definition) is 1. The summed E-state index contributed by atoms with van der Waals surface area (Å²) in [6.07, 6.45) is 8.30. The van der Waals surface area contributed by atoms with E-state index in [-0.39, 0.29) is 0 Å². The molecule has 0 fully saturated rings. The van der Waals surface area contributed by atoms with E-state index in [4.69, 9.17) is 5.41 Å². The molecule has 0 atom stereocenters. The third-order valence-electron chi connectivity index (χ3n) is 1.31. The van der Waals surface area contributed by atoms with E-state index in [1.54, 1.807) is 0 Å². The lowest BCUT2D eigenvalue weighted by Crippen LogP contribution is -1.79. The molecule has 0 saturated carbocycles. The normalized spacial score (nSPS) is 11.1. The van der Waals surface area contributed by atoms with Crippen molar-refractivity contribution in [2.75, 3.05) is 0 Å². The molecule has 1 N–H and O–H groups in total. The third kappa shape index (κ3) is 4.07. The second-order valence-electron chi connectivity index (χ2n) is 2.13. The van der Waals surface area contributed by atoms with Gasteiger partial charge in [-0.05, 0) is 25.5 Å². The van der Waals surface area contributed by atoms with E-state index in [9.17, 15) is 0 Å². The van der Waals surface area contributed by atoms with Gasteiger partial charge >= 0.3 is 0 Å². The average molecular weight is 137 g/mol. The fourth-order valence-corrected chi connectivity index (χ4v) is 0.788. The highest BCUT2D eigenvalue weighted by Gasteiger charge is 1.87. The Hall–Kier alpha value is -0.850. The summed E-state index contributed by atoms with van der Waals surface area (Å²) in [5, 5.41) is 6.82. The van der Waals surface area contributed by atoms with Gasteiger partial charge in [-0.1, -0.05) is 31.2 Å². The first kappa shape index (κ1) is 9.15. The summed E-state index contributed by atoms with van der Waals surface area (Å²) in [6, 6.07) is 0. The van der Waals surface area contributed by atoms with Gasteiger partial charge < -0.3 is 5.41 Å². The van der Waals surface area contributed by atoms with Crippen molar-refractivity contribution in [1.82, 2.24) is 0 Å². The van der Waals surface area contributed by atoms with Crippen LogP contribution in [0.1, 0.15) is 26.2 Å². The molecule has 0 amide bonds. The van der Waals surface area contributed by atoms with Crippen molar-refractivity contribution in [3.05, 3.63) is 24.3 Å². The van der Waals surface area contributed by atoms with Gasteiger partial charge in [-0.15, -0.1) is 0 Å². The molecule has 0 aromatic heterocycles. The van der Waals surface area contributed by atoms with Crippen LogP contribution in [-0.2, 0) is 0 Å². The highest BCUT2D eigenvalue weighted by atomic mass is 14.3. The second kappa shape index (κ2) is 6.27. The molecule has 0 saturated heterocycles. The number of nitrogens with one attached hydrogen (secondary N) is 1. The fourth-order valence-electron chi connectivity index (χ4n) is 0.788. The van der Waals surface area contributed by atoms with Crippen LogP contribution in [0, 0.1) is 5.41 Å². The van der Waals surface area contributed by atoms with Crippen molar-refractivity contribution in [2.24, 2.45) is 0 Å². The number of hydrogen-bond donors (Lipinski definition) is 1. The molecule has 0 unspecified atom stereocenters. The van der Waals surface area contributed by atoms with Gasteiger partial charge in [-0.2, -0.15) is 0 Å². The van der Waals surface area contributed by atoms with Gasteiger partial charge in [-0.3, -0.25) is 0 Å². The van der Waals surface area contributed by atoms with Crippen molar-refractivity contribution in [3.63, 3.8) is 0 Å². The lowest BCUT2D eigenvalue weighted by molar-refractivity contribution is 1.03. The molecule has 0 aromatic rings. The second-order valence-corrected chi connectivity index (χ2v) is 2.13. The summed E-state index contributed by atoms with van der Waals surface area (Å²) in [5.41, 5.74) is 1.26. The molecule has 0 aliphatic heterocycles. The van der Waals surface area contributed by atoms with Gasteiger partial charge in [0.1, 0.15) is 0 Å². The molecule has 0 bridgehead atoms. The Balaban J connectivity index is 3.70. The van der Waals surface area contributed by atoms with Gasteiger partial charge in [0.2, 0.25) is 0 Å². The minimum atomic E-state index is 0.831. The first-order valence-electron chi connectivity index (χ1n) is 3.65. The zero-order valence-electron chi connectivity index (χ0n) is 6.56. The Bertz CT molecular complexity index is 134. The monoisotopic (exact) mass is 137 g/mol. The Morgan fingerprint density at radius 3 is 2.70 bits per heavy atom. The molecule has 10 heavy (non-hydrogen) atoms. The SMILES string of the molecule is C=C/C(=C\CC)CCC=N. The molecule has 0 rings (SSSR count). The lowest BCUT2D eigenvalue weighted by Gasteiger charge is -1.95. The van der Waals surface area contributed by atoms with E-state index in [0.29, 0.717) is 0 Å². The zero-order chi connectivity index (χ0) is 7.82. The first-order valence-corrected chi connectivity index (χ1v) is 3.65. The molecular formula is C9H15N. The van der Waals surface area contributed by atoms with Gasteiger partial charge in [0.05, 0.1) is 0 Å². The molecule has 0 aromatic carbocycles. The van der Waals surface area contributed by atoms with E-state index in [2.05, 4.69) is 19.6 Å².